The van der Waals surface area contributed by atoms with Gasteiger partial charge in [-0.05, 0) is 83.1 Å². The molecule has 0 bridgehead atoms. The molecule has 4 amide bonds. The first kappa shape index (κ1) is 30.5. The zero-order valence-corrected chi connectivity index (χ0v) is 23.7. The second kappa shape index (κ2) is 14.3. The molecule has 2 unspecified atom stereocenters. The normalized spacial score (nSPS) is 15.9. The molecule has 10 heteroatoms. The highest BCUT2D eigenvalue weighted by atomic mass is 32.2. The number of likely N-dealkylation sites (tertiary alicyclic amines) is 1. The van der Waals surface area contributed by atoms with Gasteiger partial charge in [0.15, 0.2) is 0 Å². The number of thioether (sulfide) groups is 1. The lowest BCUT2D eigenvalue weighted by Gasteiger charge is -2.34. The number of alkyl carbamates (subject to hydrolysis) is 1. The van der Waals surface area contributed by atoms with Gasteiger partial charge in [-0.2, -0.15) is 11.8 Å². The number of ether oxygens (including phenoxy) is 1. The summed E-state index contributed by atoms with van der Waals surface area (Å²) >= 11 is 1.60. The highest BCUT2D eigenvalue weighted by Crippen LogP contribution is 2.20. The van der Waals surface area contributed by atoms with E-state index in [1.165, 1.54) is 5.56 Å². The first-order valence-electron chi connectivity index (χ1n) is 12.9. The molecule has 0 aliphatic carbocycles. The Morgan fingerprint density at radius 1 is 1.08 bits per heavy atom. The average molecular weight is 535 g/mol. The quantitative estimate of drug-likeness (QED) is 0.423. The second-order valence-electron chi connectivity index (χ2n) is 10.3. The number of nitrogens with one attached hydrogen (secondary N) is 3. The molecule has 1 aromatic rings. The number of anilines is 1. The van der Waals surface area contributed by atoms with Gasteiger partial charge in [0.05, 0.1) is 0 Å². The van der Waals surface area contributed by atoms with Gasteiger partial charge < -0.3 is 25.6 Å². The molecule has 1 heterocycles. The lowest BCUT2D eigenvalue weighted by atomic mass is 9.95. The van der Waals surface area contributed by atoms with Gasteiger partial charge in [-0.15, -0.1) is 0 Å². The molecule has 1 aliphatic rings. The molecule has 0 aromatic heterocycles. The summed E-state index contributed by atoms with van der Waals surface area (Å²) in [6.07, 6.45) is 3.73. The van der Waals surface area contributed by atoms with Gasteiger partial charge in [-0.3, -0.25) is 14.4 Å². The third kappa shape index (κ3) is 10.3. The summed E-state index contributed by atoms with van der Waals surface area (Å²) < 4.78 is 5.33. The van der Waals surface area contributed by atoms with Crippen molar-refractivity contribution in [1.29, 1.82) is 0 Å². The van der Waals surface area contributed by atoms with Crippen LogP contribution in [-0.2, 0) is 25.5 Å². The maximum Gasteiger partial charge on any atom is 0.408 e. The Hall–Kier alpha value is -2.75. The van der Waals surface area contributed by atoms with Crippen LogP contribution in [0.3, 0.4) is 0 Å². The SMILES string of the molecule is CCc1ccc(NC(=O)C(C)NC(=O)C2CCN(C(=O)C(CCSC)NC(=O)OC(C)(C)C)CC2)cc1. The predicted octanol–water partition coefficient (Wildman–Crippen LogP) is 3.58. The minimum atomic E-state index is -0.688. The van der Waals surface area contributed by atoms with E-state index >= 15 is 0 Å². The summed E-state index contributed by atoms with van der Waals surface area (Å²) in [5.41, 5.74) is 1.21. The van der Waals surface area contributed by atoms with Crippen LogP contribution in [0.25, 0.3) is 0 Å². The first-order valence-corrected chi connectivity index (χ1v) is 14.3. The topological polar surface area (TPSA) is 117 Å². The number of benzene rings is 1. The summed E-state index contributed by atoms with van der Waals surface area (Å²) in [4.78, 5) is 52.5. The lowest BCUT2D eigenvalue weighted by Crippen LogP contribution is -2.53. The van der Waals surface area contributed by atoms with Crippen molar-refractivity contribution in [2.75, 3.05) is 30.4 Å². The molecule has 0 saturated carbocycles. The maximum atomic E-state index is 13.2. The summed E-state index contributed by atoms with van der Waals surface area (Å²) in [5, 5.41) is 8.35. The minimum absolute atomic E-state index is 0.166. The summed E-state index contributed by atoms with van der Waals surface area (Å²) in [7, 11) is 0. The fourth-order valence-corrected chi connectivity index (χ4v) is 4.47. The van der Waals surface area contributed by atoms with Crippen LogP contribution in [0.4, 0.5) is 10.5 Å². The van der Waals surface area contributed by atoms with E-state index in [-0.39, 0.29) is 23.6 Å². The van der Waals surface area contributed by atoms with Gasteiger partial charge in [-0.1, -0.05) is 19.1 Å². The molecule has 0 spiro atoms. The zero-order chi connectivity index (χ0) is 27.6. The molecule has 9 nitrogen and oxygen atoms in total. The van der Waals surface area contributed by atoms with Crippen LogP contribution in [0.5, 0.6) is 0 Å². The predicted molar refractivity (Wildman–Crippen MR) is 148 cm³/mol. The Balaban J connectivity index is 1.86. The van der Waals surface area contributed by atoms with Crippen molar-refractivity contribution in [2.45, 2.75) is 78.0 Å². The van der Waals surface area contributed by atoms with Gasteiger partial charge in [0.2, 0.25) is 17.7 Å². The summed E-state index contributed by atoms with van der Waals surface area (Å²) in [6.45, 7) is 9.86. The van der Waals surface area contributed by atoms with Crippen LogP contribution >= 0.6 is 11.8 Å². The number of rotatable bonds is 10. The maximum absolute atomic E-state index is 13.2. The number of nitrogens with zero attached hydrogens (tertiary/aromatic N) is 1. The number of aryl methyl sites for hydroxylation is 1. The number of amides is 4. The second-order valence-corrected chi connectivity index (χ2v) is 11.3. The molecule has 2 atom stereocenters. The molecule has 206 valence electrons. The van der Waals surface area contributed by atoms with Crippen LogP contribution in [-0.4, -0.2) is 71.5 Å². The average Bonchev–Trinajstić information content (AvgIpc) is 2.85. The Morgan fingerprint density at radius 2 is 1.70 bits per heavy atom. The van der Waals surface area contributed by atoms with E-state index in [9.17, 15) is 19.2 Å². The van der Waals surface area contributed by atoms with E-state index < -0.39 is 23.8 Å². The Bertz CT molecular complexity index is 924. The van der Waals surface area contributed by atoms with Crippen molar-refractivity contribution in [1.82, 2.24) is 15.5 Å². The van der Waals surface area contributed by atoms with Crippen molar-refractivity contribution < 1.29 is 23.9 Å². The van der Waals surface area contributed by atoms with Crippen molar-refractivity contribution in [3.8, 4) is 0 Å². The number of hydrogen-bond donors (Lipinski definition) is 3. The molecule has 3 N–H and O–H groups in total. The van der Waals surface area contributed by atoms with Crippen LogP contribution in [0.2, 0.25) is 0 Å². The summed E-state index contributed by atoms with van der Waals surface area (Å²) in [5.74, 6) is -0.211. The van der Waals surface area contributed by atoms with Gasteiger partial charge in [0, 0.05) is 24.7 Å². The van der Waals surface area contributed by atoms with Crippen molar-refractivity contribution in [2.24, 2.45) is 5.92 Å². The highest BCUT2D eigenvalue weighted by Gasteiger charge is 2.33. The van der Waals surface area contributed by atoms with E-state index in [0.717, 1.165) is 6.42 Å². The van der Waals surface area contributed by atoms with E-state index in [2.05, 4.69) is 22.9 Å². The van der Waals surface area contributed by atoms with Gasteiger partial charge >= 0.3 is 6.09 Å². The van der Waals surface area contributed by atoms with E-state index in [4.69, 9.17) is 4.74 Å². The molecular formula is C27H42N4O5S. The zero-order valence-electron chi connectivity index (χ0n) is 22.9. The highest BCUT2D eigenvalue weighted by molar-refractivity contribution is 7.98. The lowest BCUT2D eigenvalue weighted by molar-refractivity contribution is -0.137. The number of hydrogen-bond acceptors (Lipinski definition) is 6. The molecule has 1 aliphatic heterocycles. The van der Waals surface area contributed by atoms with Crippen LogP contribution < -0.4 is 16.0 Å². The van der Waals surface area contributed by atoms with E-state index in [1.807, 2.05) is 30.5 Å². The van der Waals surface area contributed by atoms with Gasteiger partial charge in [-0.25, -0.2) is 4.79 Å². The molecule has 1 aromatic carbocycles. The summed E-state index contributed by atoms with van der Waals surface area (Å²) in [6, 6.07) is 6.25. The van der Waals surface area contributed by atoms with Crippen molar-refractivity contribution >= 4 is 41.3 Å². The molecule has 37 heavy (non-hydrogen) atoms. The van der Waals surface area contributed by atoms with Crippen LogP contribution in [0.15, 0.2) is 24.3 Å². The van der Waals surface area contributed by atoms with E-state index in [1.54, 1.807) is 44.4 Å². The molecule has 2 rings (SSSR count). The number of carbonyl (C=O) groups is 4. The largest absolute Gasteiger partial charge is 0.444 e. The van der Waals surface area contributed by atoms with Gasteiger partial charge in [0.1, 0.15) is 17.7 Å². The third-order valence-electron chi connectivity index (χ3n) is 6.16. The van der Waals surface area contributed by atoms with Crippen LogP contribution in [0.1, 0.15) is 59.4 Å². The Labute approximate surface area is 224 Å². The Morgan fingerprint density at radius 3 is 2.24 bits per heavy atom. The Kier molecular flexibility index (Phi) is 11.7. The molecule has 1 saturated heterocycles. The number of carbonyl (C=O) groups excluding carboxylic acids is 4. The standard InChI is InChI=1S/C27H42N4O5S/c1-7-19-8-10-21(11-9-19)29-23(32)18(2)28-24(33)20-12-15-31(16-13-20)25(34)22(14-17-37-6)30-26(35)36-27(3,4)5/h8-11,18,20,22H,7,12-17H2,1-6H3,(H,28,33)(H,29,32)(H,30,35). The third-order valence-corrected chi connectivity index (χ3v) is 6.80. The monoisotopic (exact) mass is 534 g/mol. The molecule has 0 radical (unpaired) electrons. The van der Waals surface area contributed by atoms with Crippen molar-refractivity contribution in [3.05, 3.63) is 29.8 Å². The smallest absolute Gasteiger partial charge is 0.408 e. The van der Waals surface area contributed by atoms with E-state index in [0.29, 0.717) is 43.8 Å². The fraction of sp³-hybridized carbons (Fsp3) is 0.630. The molecular weight excluding hydrogens is 492 g/mol. The minimum Gasteiger partial charge on any atom is -0.444 e. The first-order chi connectivity index (χ1) is 17.4. The number of piperidine rings is 1. The molecule has 1 fully saturated rings. The van der Waals surface area contributed by atoms with Crippen molar-refractivity contribution in [3.63, 3.8) is 0 Å². The van der Waals surface area contributed by atoms with Gasteiger partial charge in [0.25, 0.3) is 0 Å². The van der Waals surface area contributed by atoms with Crippen LogP contribution in [0, 0.1) is 5.92 Å². The fourth-order valence-electron chi connectivity index (χ4n) is 4.00.